The van der Waals surface area contributed by atoms with E-state index >= 15 is 0 Å². The second-order valence-electron chi connectivity index (χ2n) is 8.48. The molecule has 4 rings (SSSR count). The molecule has 0 amide bonds. The van der Waals surface area contributed by atoms with Crippen LogP contribution in [-0.2, 0) is 9.47 Å². The molecule has 1 saturated heterocycles. The molecule has 2 heterocycles. The lowest BCUT2D eigenvalue weighted by Gasteiger charge is -2.41. The van der Waals surface area contributed by atoms with Crippen molar-refractivity contribution in [1.82, 2.24) is 14.5 Å². The van der Waals surface area contributed by atoms with E-state index in [9.17, 15) is 4.79 Å². The maximum atomic E-state index is 12.6. The van der Waals surface area contributed by atoms with E-state index in [1.54, 1.807) is 7.11 Å². The average Bonchev–Trinajstić information content (AvgIpc) is 3.04. The van der Waals surface area contributed by atoms with Gasteiger partial charge in [-0.05, 0) is 63.1 Å². The first kappa shape index (κ1) is 20.9. The summed E-state index contributed by atoms with van der Waals surface area (Å²) in [5.41, 5.74) is 2.80. The van der Waals surface area contributed by atoms with Crippen molar-refractivity contribution in [2.75, 3.05) is 33.4 Å². The smallest absolute Gasteiger partial charge is 0.326 e. The number of aromatic amines is 1. The predicted octanol–water partition coefficient (Wildman–Crippen LogP) is 3.90. The first-order valence-corrected chi connectivity index (χ1v) is 11.2. The number of rotatable bonds is 6. The number of fused-ring (bicyclic) bond motifs is 1. The minimum absolute atomic E-state index is 0.0196. The number of piperidine rings is 1. The molecule has 0 radical (unpaired) electrons. The zero-order chi connectivity index (χ0) is 20.4. The number of H-pyrrole nitrogens is 1. The lowest BCUT2D eigenvalue weighted by molar-refractivity contribution is -0.0173. The summed E-state index contributed by atoms with van der Waals surface area (Å²) in [5.74, 6) is 0. The summed E-state index contributed by atoms with van der Waals surface area (Å²) in [6.07, 6.45) is 7.09. The normalized spacial score (nSPS) is 24.4. The molecule has 1 aliphatic carbocycles. The number of nitrogens with one attached hydrogen (secondary N) is 1. The molecule has 2 aromatic rings. The van der Waals surface area contributed by atoms with Crippen LogP contribution in [0.25, 0.3) is 11.0 Å². The van der Waals surface area contributed by atoms with Crippen molar-refractivity contribution in [3.63, 3.8) is 0 Å². The maximum Gasteiger partial charge on any atom is 0.326 e. The van der Waals surface area contributed by atoms with Gasteiger partial charge >= 0.3 is 5.69 Å². The summed E-state index contributed by atoms with van der Waals surface area (Å²) in [6, 6.07) is 4.81. The second-order valence-corrected chi connectivity index (χ2v) is 8.89. The molecule has 0 atom stereocenters. The molecule has 1 aromatic heterocycles. The van der Waals surface area contributed by atoms with Gasteiger partial charge in [-0.2, -0.15) is 0 Å². The van der Waals surface area contributed by atoms with Crippen molar-refractivity contribution in [3.05, 3.63) is 33.2 Å². The molecule has 29 heavy (non-hydrogen) atoms. The van der Waals surface area contributed by atoms with Crippen LogP contribution in [0, 0.1) is 6.92 Å². The number of halogens is 1. The molecule has 0 unspecified atom stereocenters. The van der Waals surface area contributed by atoms with Gasteiger partial charge in [-0.25, -0.2) is 4.79 Å². The molecular weight excluding hydrogens is 390 g/mol. The van der Waals surface area contributed by atoms with Crippen LogP contribution in [0.4, 0.5) is 0 Å². The fourth-order valence-corrected chi connectivity index (χ4v) is 5.16. The van der Waals surface area contributed by atoms with Crippen LogP contribution in [0.2, 0.25) is 5.02 Å². The molecule has 6 nitrogen and oxygen atoms in total. The molecule has 2 aliphatic rings. The zero-order valence-electron chi connectivity index (χ0n) is 17.5. The summed E-state index contributed by atoms with van der Waals surface area (Å²) in [5, 5.41) is 0.697. The Balaban J connectivity index is 1.35. The highest BCUT2D eigenvalue weighted by Gasteiger charge is 2.30. The topological polar surface area (TPSA) is 59.5 Å². The van der Waals surface area contributed by atoms with Gasteiger partial charge in [0.05, 0.1) is 30.4 Å². The van der Waals surface area contributed by atoms with E-state index in [-0.39, 0.29) is 11.7 Å². The third-order valence-corrected chi connectivity index (χ3v) is 7.07. The fourth-order valence-electron chi connectivity index (χ4n) is 5.00. The minimum atomic E-state index is -0.0196. The van der Waals surface area contributed by atoms with Crippen LogP contribution >= 0.6 is 11.6 Å². The van der Waals surface area contributed by atoms with Crippen molar-refractivity contribution in [2.45, 2.75) is 63.6 Å². The van der Waals surface area contributed by atoms with E-state index in [0.29, 0.717) is 30.4 Å². The molecule has 1 N–H and O–H groups in total. The van der Waals surface area contributed by atoms with E-state index in [0.717, 1.165) is 55.4 Å². The Morgan fingerprint density at radius 3 is 2.48 bits per heavy atom. The maximum absolute atomic E-state index is 12.6. The lowest BCUT2D eigenvalue weighted by atomic mass is 9.90. The number of ether oxygens (including phenoxy) is 2. The number of benzene rings is 1. The minimum Gasteiger partial charge on any atom is -0.382 e. The van der Waals surface area contributed by atoms with Crippen molar-refractivity contribution < 1.29 is 9.47 Å². The highest BCUT2D eigenvalue weighted by molar-refractivity contribution is 6.32. The molecule has 1 aliphatic heterocycles. The van der Waals surface area contributed by atoms with Crippen LogP contribution in [0.15, 0.2) is 16.9 Å². The number of aryl methyl sites for hydroxylation is 1. The van der Waals surface area contributed by atoms with Gasteiger partial charge in [0.25, 0.3) is 0 Å². The average molecular weight is 422 g/mol. The van der Waals surface area contributed by atoms with Gasteiger partial charge in [-0.15, -0.1) is 0 Å². The SMILES string of the molecule is COCCO[C@H]1CC[C@@H](N2CCC(n3c(=O)[nH]c4cc(Cl)c(C)cc43)CC2)CC1. The highest BCUT2D eigenvalue weighted by Crippen LogP contribution is 2.31. The fraction of sp³-hybridized carbons (Fsp3) is 0.682. The standard InChI is InChI=1S/C22H32ClN3O3/c1-15-13-21-20(14-19(15)23)24-22(27)26(21)17-7-9-25(10-8-17)16-3-5-18(6-4-16)29-12-11-28-2/h13-14,16-18H,3-12H2,1-2H3,(H,24,27)/t16-,18+. The Hall–Kier alpha value is -1.34. The van der Waals surface area contributed by atoms with Gasteiger partial charge in [-0.3, -0.25) is 4.57 Å². The largest absolute Gasteiger partial charge is 0.382 e. The Bertz CT molecular complexity index is 877. The third-order valence-electron chi connectivity index (χ3n) is 6.66. The summed E-state index contributed by atoms with van der Waals surface area (Å²) < 4.78 is 12.9. The Morgan fingerprint density at radius 1 is 1.07 bits per heavy atom. The molecule has 160 valence electrons. The van der Waals surface area contributed by atoms with E-state index in [2.05, 4.69) is 9.88 Å². The number of methoxy groups -OCH3 is 1. The number of imidazole rings is 1. The summed E-state index contributed by atoms with van der Waals surface area (Å²) in [7, 11) is 1.71. The molecule has 1 aromatic carbocycles. The molecule has 0 bridgehead atoms. The van der Waals surface area contributed by atoms with Crippen LogP contribution in [0.5, 0.6) is 0 Å². The predicted molar refractivity (Wildman–Crippen MR) is 116 cm³/mol. The summed E-state index contributed by atoms with van der Waals surface area (Å²) in [6.45, 7) is 5.46. The summed E-state index contributed by atoms with van der Waals surface area (Å²) in [4.78, 5) is 18.2. The van der Waals surface area contributed by atoms with Crippen LogP contribution in [-0.4, -0.2) is 60.0 Å². The molecular formula is C22H32ClN3O3. The number of nitrogens with zero attached hydrogens (tertiary/aromatic N) is 2. The van der Waals surface area contributed by atoms with Crippen LogP contribution in [0.1, 0.15) is 50.1 Å². The van der Waals surface area contributed by atoms with Gasteiger partial charge in [0.2, 0.25) is 0 Å². The Morgan fingerprint density at radius 2 is 1.79 bits per heavy atom. The highest BCUT2D eigenvalue weighted by atomic mass is 35.5. The second kappa shape index (κ2) is 9.21. The van der Waals surface area contributed by atoms with Gasteiger partial charge in [0.1, 0.15) is 0 Å². The van der Waals surface area contributed by atoms with Crippen molar-refractivity contribution in [3.8, 4) is 0 Å². The molecule has 0 spiro atoms. The molecule has 1 saturated carbocycles. The van der Waals surface area contributed by atoms with E-state index < -0.39 is 0 Å². The van der Waals surface area contributed by atoms with E-state index in [1.165, 1.54) is 12.8 Å². The number of hydrogen-bond acceptors (Lipinski definition) is 4. The Kier molecular flexibility index (Phi) is 6.64. The van der Waals surface area contributed by atoms with Crippen molar-refractivity contribution in [1.29, 1.82) is 0 Å². The van der Waals surface area contributed by atoms with Crippen molar-refractivity contribution in [2.24, 2.45) is 0 Å². The molecule has 7 heteroatoms. The van der Waals surface area contributed by atoms with Crippen LogP contribution < -0.4 is 5.69 Å². The van der Waals surface area contributed by atoms with Gasteiger partial charge in [0, 0.05) is 37.3 Å². The van der Waals surface area contributed by atoms with E-state index in [4.69, 9.17) is 21.1 Å². The first-order valence-electron chi connectivity index (χ1n) is 10.8. The summed E-state index contributed by atoms with van der Waals surface area (Å²) >= 11 is 6.23. The van der Waals surface area contributed by atoms with E-state index in [1.807, 2.05) is 23.6 Å². The monoisotopic (exact) mass is 421 g/mol. The van der Waals surface area contributed by atoms with Gasteiger partial charge < -0.3 is 19.4 Å². The van der Waals surface area contributed by atoms with Gasteiger partial charge in [0.15, 0.2) is 0 Å². The number of likely N-dealkylation sites (tertiary alicyclic amines) is 1. The quantitative estimate of drug-likeness (QED) is 0.718. The third kappa shape index (κ3) is 4.55. The van der Waals surface area contributed by atoms with Gasteiger partial charge in [-0.1, -0.05) is 11.6 Å². The molecule has 2 fully saturated rings. The van der Waals surface area contributed by atoms with Crippen LogP contribution in [0.3, 0.4) is 0 Å². The zero-order valence-corrected chi connectivity index (χ0v) is 18.2. The van der Waals surface area contributed by atoms with Crippen molar-refractivity contribution >= 4 is 22.6 Å². The lowest BCUT2D eigenvalue weighted by Crippen LogP contribution is -2.45. The Labute approximate surface area is 177 Å². The number of hydrogen-bond donors (Lipinski definition) is 1. The number of aromatic nitrogens is 2. The first-order chi connectivity index (χ1) is 14.1.